The summed E-state index contributed by atoms with van der Waals surface area (Å²) in [6.45, 7) is 19.1. The Balaban J connectivity index is 4.49. The molecule has 0 radical (unpaired) electrons. The lowest BCUT2D eigenvalue weighted by molar-refractivity contribution is -0.116. The van der Waals surface area contributed by atoms with E-state index in [4.69, 9.17) is 9.16 Å². The van der Waals surface area contributed by atoms with E-state index in [1.807, 2.05) is 26.8 Å². The lowest BCUT2D eigenvalue weighted by atomic mass is 10.0. The molecule has 1 amide bonds. The van der Waals surface area contributed by atoms with Gasteiger partial charge in [-0.2, -0.15) is 0 Å². The Morgan fingerprint density at radius 3 is 1.81 bits per heavy atom. The van der Waals surface area contributed by atoms with E-state index in [1.165, 1.54) is 64.2 Å². The first-order valence-corrected chi connectivity index (χ1v) is 17.4. The highest BCUT2D eigenvalue weighted by Crippen LogP contribution is 2.36. The van der Waals surface area contributed by atoms with Crippen molar-refractivity contribution in [3.8, 4) is 0 Å². The van der Waals surface area contributed by atoms with Gasteiger partial charge in [0.15, 0.2) is 14.1 Å². The minimum atomic E-state index is -1.92. The van der Waals surface area contributed by atoms with Crippen molar-refractivity contribution in [2.24, 2.45) is 0 Å². The zero-order chi connectivity index (χ0) is 27.7. The Labute approximate surface area is 224 Å². The minimum absolute atomic E-state index is 0.0947. The van der Waals surface area contributed by atoms with Crippen LogP contribution >= 0.6 is 0 Å². The fourth-order valence-electron chi connectivity index (χ4n) is 3.63. The number of carbonyl (C=O) groups excluding carboxylic acids is 2. The second kappa shape index (κ2) is 18.2. The molecule has 0 rings (SSSR count). The van der Waals surface area contributed by atoms with Crippen molar-refractivity contribution >= 4 is 20.2 Å². The van der Waals surface area contributed by atoms with Crippen molar-refractivity contribution in [1.29, 1.82) is 0 Å². The molecule has 0 aromatic heterocycles. The average Bonchev–Trinajstić information content (AvgIpc) is 2.74. The first kappa shape index (κ1) is 34.9. The molecule has 0 aliphatic heterocycles. The van der Waals surface area contributed by atoms with E-state index >= 15 is 0 Å². The number of hydrogen-bond donors (Lipinski definition) is 1. The third-order valence-corrected chi connectivity index (χ3v) is 11.5. The maximum absolute atomic E-state index is 12.9. The van der Waals surface area contributed by atoms with Crippen molar-refractivity contribution in [3.63, 3.8) is 0 Å². The Kier molecular flexibility index (Phi) is 17.6. The van der Waals surface area contributed by atoms with Crippen LogP contribution in [0.5, 0.6) is 0 Å². The number of amides is 1. The summed E-state index contributed by atoms with van der Waals surface area (Å²) in [6.07, 6.45) is 18.8. The summed E-state index contributed by atoms with van der Waals surface area (Å²) in [5.74, 6) is -0.0947. The zero-order valence-corrected chi connectivity index (χ0v) is 26.3. The van der Waals surface area contributed by atoms with E-state index < -0.39 is 26.1 Å². The maximum Gasteiger partial charge on any atom is 0.408 e. The lowest BCUT2D eigenvalue weighted by Gasteiger charge is -2.36. The summed E-state index contributed by atoms with van der Waals surface area (Å²) in [6, 6.07) is -0.641. The van der Waals surface area contributed by atoms with E-state index in [1.54, 1.807) is 6.08 Å². The second-order valence-corrected chi connectivity index (χ2v) is 17.5. The molecule has 0 aliphatic carbocycles. The van der Waals surface area contributed by atoms with Crippen LogP contribution in [0.25, 0.3) is 0 Å². The smallest absolute Gasteiger partial charge is 0.408 e. The van der Waals surface area contributed by atoms with E-state index in [9.17, 15) is 9.59 Å². The summed E-state index contributed by atoms with van der Waals surface area (Å²) >= 11 is 0. The highest BCUT2D eigenvalue weighted by atomic mass is 28.4. The van der Waals surface area contributed by atoms with E-state index in [2.05, 4.69) is 46.1 Å². The van der Waals surface area contributed by atoms with Gasteiger partial charge in [0.2, 0.25) is 0 Å². The molecule has 1 N–H and O–H groups in total. The molecule has 0 saturated heterocycles. The van der Waals surface area contributed by atoms with Gasteiger partial charge in [0.25, 0.3) is 0 Å². The summed E-state index contributed by atoms with van der Waals surface area (Å²) in [5, 5.41) is 2.87. The van der Waals surface area contributed by atoms with Gasteiger partial charge in [-0.25, -0.2) is 4.79 Å². The highest BCUT2D eigenvalue weighted by molar-refractivity contribution is 6.74. The van der Waals surface area contributed by atoms with Gasteiger partial charge in [0.05, 0.1) is 6.04 Å². The summed E-state index contributed by atoms with van der Waals surface area (Å²) in [4.78, 5) is 25.2. The Bertz CT molecular complexity index is 632. The molecule has 0 spiro atoms. The number of carbonyl (C=O) groups is 2. The molecule has 36 heavy (non-hydrogen) atoms. The number of allylic oxidation sites excluding steroid dienone is 1. The van der Waals surface area contributed by atoms with Crippen LogP contribution < -0.4 is 5.32 Å². The topological polar surface area (TPSA) is 64.6 Å². The van der Waals surface area contributed by atoms with Gasteiger partial charge >= 0.3 is 6.09 Å². The van der Waals surface area contributed by atoms with Gasteiger partial charge < -0.3 is 14.5 Å². The Morgan fingerprint density at radius 2 is 1.33 bits per heavy atom. The Hall–Kier alpha value is -1.14. The van der Waals surface area contributed by atoms with Crippen LogP contribution in [0.3, 0.4) is 0 Å². The van der Waals surface area contributed by atoms with Crippen molar-refractivity contribution in [2.45, 2.75) is 162 Å². The molecule has 5 nitrogen and oxygen atoms in total. The first-order chi connectivity index (χ1) is 16.7. The van der Waals surface area contributed by atoms with Gasteiger partial charge in [-0.15, -0.1) is 0 Å². The number of alkyl carbamates (subject to hydrolysis) is 1. The highest BCUT2D eigenvalue weighted by Gasteiger charge is 2.37. The first-order valence-electron chi connectivity index (χ1n) is 14.5. The number of unbranched alkanes of at least 4 members (excludes halogenated alkanes) is 11. The predicted octanol–water partition coefficient (Wildman–Crippen LogP) is 9.12. The second-order valence-electron chi connectivity index (χ2n) is 12.7. The van der Waals surface area contributed by atoms with Crippen molar-refractivity contribution in [1.82, 2.24) is 5.32 Å². The molecular weight excluding hydrogens is 466 g/mol. The van der Waals surface area contributed by atoms with E-state index in [-0.39, 0.29) is 10.8 Å². The molecule has 0 aliphatic rings. The number of ketones is 1. The standard InChI is InChI=1S/C30H59NO4Si/c1-10-11-12-13-14-15-16-17-18-19-20-21-22-23-27(32)26(31-28(33)35-29(2,3)4)24-25-34-36(8,9)30(5,6)7/h22-23,26H,10-21,24-25H2,1-9H3,(H,31,33)/b23-22+/t26-/m0/s1. The summed E-state index contributed by atoms with van der Waals surface area (Å²) < 4.78 is 11.6. The van der Waals surface area contributed by atoms with Crippen molar-refractivity contribution < 1.29 is 18.8 Å². The lowest BCUT2D eigenvalue weighted by Crippen LogP contribution is -2.45. The Morgan fingerprint density at radius 1 is 0.833 bits per heavy atom. The number of ether oxygens (including phenoxy) is 1. The number of hydrogen-bond acceptors (Lipinski definition) is 4. The average molecular weight is 526 g/mol. The molecule has 0 unspecified atom stereocenters. The molecule has 0 heterocycles. The van der Waals surface area contributed by atoms with E-state index in [0.717, 1.165) is 12.8 Å². The van der Waals surface area contributed by atoms with Crippen LogP contribution in [0.2, 0.25) is 18.1 Å². The molecule has 0 saturated carbocycles. The SMILES string of the molecule is CCCCCCCCCCCCC/C=C/C(=O)[C@H](CCO[Si](C)(C)C(C)(C)C)NC(=O)OC(C)(C)C. The van der Waals surface area contributed by atoms with Gasteiger partial charge in [-0.05, 0) is 64.2 Å². The summed E-state index contributed by atoms with van der Waals surface area (Å²) in [7, 11) is -1.92. The molecule has 6 heteroatoms. The van der Waals surface area contributed by atoms with Crippen molar-refractivity contribution in [3.05, 3.63) is 12.2 Å². The molecule has 0 aromatic carbocycles. The van der Waals surface area contributed by atoms with Crippen LogP contribution in [0, 0.1) is 0 Å². The molecule has 1 atom stereocenters. The zero-order valence-electron chi connectivity index (χ0n) is 25.3. The van der Waals surface area contributed by atoms with Crippen molar-refractivity contribution in [2.75, 3.05) is 6.61 Å². The van der Waals surface area contributed by atoms with Crippen LogP contribution in [0.1, 0.15) is 132 Å². The number of rotatable bonds is 19. The van der Waals surface area contributed by atoms with Gasteiger partial charge in [0, 0.05) is 6.61 Å². The fraction of sp³-hybridized carbons (Fsp3) is 0.867. The maximum atomic E-state index is 12.9. The third kappa shape index (κ3) is 18.2. The van der Waals surface area contributed by atoms with Crippen LogP contribution in [-0.2, 0) is 14.0 Å². The predicted molar refractivity (Wildman–Crippen MR) is 156 cm³/mol. The van der Waals surface area contributed by atoms with Gasteiger partial charge in [-0.1, -0.05) is 98.0 Å². The fourth-order valence-corrected chi connectivity index (χ4v) is 4.69. The molecule has 0 aromatic rings. The third-order valence-electron chi connectivity index (χ3n) is 6.97. The quantitative estimate of drug-likeness (QED) is 0.104. The molecular formula is C30H59NO4Si. The monoisotopic (exact) mass is 525 g/mol. The molecule has 0 fully saturated rings. The minimum Gasteiger partial charge on any atom is -0.444 e. The number of nitrogens with one attached hydrogen (secondary N) is 1. The van der Waals surface area contributed by atoms with Gasteiger partial charge in [0.1, 0.15) is 5.60 Å². The van der Waals surface area contributed by atoms with Crippen LogP contribution in [-0.4, -0.2) is 38.4 Å². The largest absolute Gasteiger partial charge is 0.444 e. The normalized spacial score (nSPS) is 13.7. The van der Waals surface area contributed by atoms with Crippen LogP contribution in [0.4, 0.5) is 4.79 Å². The molecule has 212 valence electrons. The summed E-state index contributed by atoms with van der Waals surface area (Å²) in [5.41, 5.74) is -0.611. The van der Waals surface area contributed by atoms with Gasteiger partial charge in [-0.3, -0.25) is 4.79 Å². The molecule has 0 bridgehead atoms. The van der Waals surface area contributed by atoms with Crippen LogP contribution in [0.15, 0.2) is 12.2 Å². The van der Waals surface area contributed by atoms with E-state index in [0.29, 0.717) is 13.0 Å².